The minimum Gasteiger partial charge on any atom is -0.497 e. The molecule has 0 aromatic heterocycles. The van der Waals surface area contributed by atoms with Crippen molar-refractivity contribution < 1.29 is 13.2 Å². The summed E-state index contributed by atoms with van der Waals surface area (Å²) in [6.45, 7) is 1.15. The van der Waals surface area contributed by atoms with Crippen LogP contribution in [0.4, 0.5) is 0 Å². The Morgan fingerprint density at radius 2 is 1.72 bits per heavy atom. The van der Waals surface area contributed by atoms with Crippen LogP contribution in [-0.4, -0.2) is 34.6 Å². The van der Waals surface area contributed by atoms with E-state index in [2.05, 4.69) is 20.3 Å². The molecule has 1 fully saturated rings. The van der Waals surface area contributed by atoms with Gasteiger partial charge in [0.25, 0.3) is 0 Å². The molecule has 0 atom stereocenters. The van der Waals surface area contributed by atoms with Gasteiger partial charge < -0.3 is 15.4 Å². The third-order valence-electron chi connectivity index (χ3n) is 4.41. The van der Waals surface area contributed by atoms with E-state index in [1.54, 1.807) is 26.3 Å². The zero-order chi connectivity index (χ0) is 20.0. The molecule has 29 heavy (non-hydrogen) atoms. The van der Waals surface area contributed by atoms with Crippen molar-refractivity contribution in [2.45, 2.75) is 36.9 Å². The minimum absolute atomic E-state index is 0. The zero-order valence-corrected chi connectivity index (χ0v) is 19.7. The summed E-state index contributed by atoms with van der Waals surface area (Å²) in [5.74, 6) is 1.48. The molecule has 2 aromatic rings. The average Bonchev–Trinajstić information content (AvgIpc) is 3.52. The predicted molar refractivity (Wildman–Crippen MR) is 125 cm³/mol. The number of benzene rings is 2. The van der Waals surface area contributed by atoms with Gasteiger partial charge in [-0.25, -0.2) is 13.1 Å². The first-order valence-electron chi connectivity index (χ1n) is 9.19. The number of sulfonamides is 1. The molecule has 0 unspecified atom stereocenters. The second-order valence-electron chi connectivity index (χ2n) is 6.67. The third-order valence-corrected chi connectivity index (χ3v) is 5.95. The molecule has 0 spiro atoms. The standard InChI is InChI=1S/C20H26N4O3S.HI/c1-21-20(23-14-16-4-3-5-18(12-16)27-2)22-13-15-6-10-19(11-7-15)28(25,26)24-17-8-9-17;/h3-7,10-12,17,24H,8-9,13-14H2,1-2H3,(H2,21,22,23);1H. The van der Waals surface area contributed by atoms with E-state index in [1.807, 2.05) is 36.4 Å². The van der Waals surface area contributed by atoms with Crippen molar-refractivity contribution in [1.29, 1.82) is 0 Å². The Hall–Kier alpha value is -1.85. The van der Waals surface area contributed by atoms with E-state index in [1.165, 1.54) is 0 Å². The number of hydrogen-bond donors (Lipinski definition) is 3. The zero-order valence-electron chi connectivity index (χ0n) is 16.5. The smallest absolute Gasteiger partial charge is 0.240 e. The number of nitrogens with zero attached hydrogens (tertiary/aromatic N) is 1. The van der Waals surface area contributed by atoms with Gasteiger partial charge in [0, 0.05) is 26.2 Å². The van der Waals surface area contributed by atoms with Crippen LogP contribution in [-0.2, 0) is 23.1 Å². The van der Waals surface area contributed by atoms with Crippen LogP contribution in [0.5, 0.6) is 5.75 Å². The van der Waals surface area contributed by atoms with Crippen LogP contribution in [0.3, 0.4) is 0 Å². The van der Waals surface area contributed by atoms with Gasteiger partial charge in [-0.2, -0.15) is 0 Å². The molecule has 3 N–H and O–H groups in total. The number of halogens is 1. The molecular formula is C20H27IN4O3S. The molecule has 0 amide bonds. The van der Waals surface area contributed by atoms with Crippen molar-refractivity contribution in [2.24, 2.45) is 4.99 Å². The Balaban J connectivity index is 0.00000300. The van der Waals surface area contributed by atoms with Gasteiger partial charge in [0.2, 0.25) is 10.0 Å². The first kappa shape index (κ1) is 23.4. The molecule has 0 saturated heterocycles. The van der Waals surface area contributed by atoms with Crippen molar-refractivity contribution in [3.05, 3.63) is 59.7 Å². The summed E-state index contributed by atoms with van der Waals surface area (Å²) in [6, 6.07) is 14.8. The molecule has 0 radical (unpaired) electrons. The lowest BCUT2D eigenvalue weighted by Gasteiger charge is -2.13. The van der Waals surface area contributed by atoms with Crippen molar-refractivity contribution in [2.75, 3.05) is 14.2 Å². The number of hydrogen-bond acceptors (Lipinski definition) is 4. The monoisotopic (exact) mass is 530 g/mol. The molecule has 1 aliphatic rings. The van der Waals surface area contributed by atoms with Crippen LogP contribution in [0, 0.1) is 0 Å². The normalized spacial score (nSPS) is 14.1. The number of guanidine groups is 1. The van der Waals surface area contributed by atoms with Gasteiger partial charge in [0.15, 0.2) is 5.96 Å². The third kappa shape index (κ3) is 7.16. The van der Waals surface area contributed by atoms with Crippen LogP contribution in [0.1, 0.15) is 24.0 Å². The number of ether oxygens (including phenoxy) is 1. The lowest BCUT2D eigenvalue weighted by atomic mass is 10.2. The Morgan fingerprint density at radius 3 is 2.31 bits per heavy atom. The fraction of sp³-hybridized carbons (Fsp3) is 0.350. The van der Waals surface area contributed by atoms with Gasteiger partial charge in [-0.3, -0.25) is 4.99 Å². The molecule has 0 bridgehead atoms. The highest BCUT2D eigenvalue weighted by molar-refractivity contribution is 14.0. The topological polar surface area (TPSA) is 91.8 Å². The summed E-state index contributed by atoms with van der Waals surface area (Å²) in [4.78, 5) is 4.51. The van der Waals surface area contributed by atoms with E-state index in [0.717, 1.165) is 29.7 Å². The summed E-state index contributed by atoms with van der Waals surface area (Å²) in [7, 11) is -0.0586. The van der Waals surface area contributed by atoms with E-state index in [9.17, 15) is 8.42 Å². The lowest BCUT2D eigenvalue weighted by molar-refractivity contribution is 0.414. The van der Waals surface area contributed by atoms with Crippen LogP contribution in [0.15, 0.2) is 58.4 Å². The maximum absolute atomic E-state index is 12.2. The van der Waals surface area contributed by atoms with E-state index < -0.39 is 10.0 Å². The molecule has 0 aliphatic heterocycles. The van der Waals surface area contributed by atoms with Crippen LogP contribution < -0.4 is 20.1 Å². The summed E-state index contributed by atoms with van der Waals surface area (Å²) in [6.07, 6.45) is 1.84. The van der Waals surface area contributed by atoms with Crippen molar-refractivity contribution in [1.82, 2.24) is 15.4 Å². The van der Waals surface area contributed by atoms with E-state index >= 15 is 0 Å². The summed E-state index contributed by atoms with van der Waals surface area (Å²) in [5.41, 5.74) is 2.05. The van der Waals surface area contributed by atoms with Crippen LogP contribution in [0.2, 0.25) is 0 Å². The highest BCUT2D eigenvalue weighted by atomic mass is 127. The summed E-state index contributed by atoms with van der Waals surface area (Å²) in [5, 5.41) is 6.48. The highest BCUT2D eigenvalue weighted by Crippen LogP contribution is 2.22. The lowest BCUT2D eigenvalue weighted by Crippen LogP contribution is -2.36. The second kappa shape index (κ2) is 10.8. The Bertz CT molecular complexity index is 929. The largest absolute Gasteiger partial charge is 0.497 e. The fourth-order valence-corrected chi connectivity index (χ4v) is 3.95. The number of rotatable bonds is 8. The van der Waals surface area contributed by atoms with Gasteiger partial charge in [0.05, 0.1) is 12.0 Å². The second-order valence-corrected chi connectivity index (χ2v) is 8.38. The maximum Gasteiger partial charge on any atom is 0.240 e. The molecular weight excluding hydrogens is 503 g/mol. The van der Waals surface area contributed by atoms with E-state index in [0.29, 0.717) is 23.9 Å². The fourth-order valence-electron chi connectivity index (χ4n) is 2.65. The van der Waals surface area contributed by atoms with Gasteiger partial charge in [-0.15, -0.1) is 24.0 Å². The Labute approximate surface area is 189 Å². The SMILES string of the molecule is CN=C(NCc1ccc(S(=O)(=O)NC2CC2)cc1)NCc1cccc(OC)c1.I. The van der Waals surface area contributed by atoms with Gasteiger partial charge in [-0.1, -0.05) is 24.3 Å². The molecule has 0 heterocycles. The van der Waals surface area contributed by atoms with Crippen LogP contribution >= 0.6 is 24.0 Å². The van der Waals surface area contributed by atoms with Crippen molar-refractivity contribution in [3.63, 3.8) is 0 Å². The minimum atomic E-state index is -3.41. The van der Waals surface area contributed by atoms with Gasteiger partial charge in [0.1, 0.15) is 5.75 Å². The van der Waals surface area contributed by atoms with Gasteiger partial charge >= 0.3 is 0 Å². The average molecular weight is 530 g/mol. The molecule has 158 valence electrons. The number of aliphatic imine (C=N–C) groups is 1. The number of nitrogens with one attached hydrogen (secondary N) is 3. The Kier molecular flexibility index (Phi) is 8.72. The molecule has 2 aromatic carbocycles. The van der Waals surface area contributed by atoms with Gasteiger partial charge in [-0.05, 0) is 48.2 Å². The molecule has 3 rings (SSSR count). The van der Waals surface area contributed by atoms with E-state index in [4.69, 9.17) is 4.74 Å². The molecule has 9 heteroatoms. The molecule has 1 saturated carbocycles. The maximum atomic E-state index is 12.2. The number of methoxy groups -OCH3 is 1. The van der Waals surface area contributed by atoms with Crippen molar-refractivity contribution >= 4 is 40.0 Å². The quantitative estimate of drug-likeness (QED) is 0.277. The predicted octanol–water partition coefficient (Wildman–Crippen LogP) is 2.62. The first-order chi connectivity index (χ1) is 13.5. The van der Waals surface area contributed by atoms with E-state index in [-0.39, 0.29) is 30.0 Å². The molecule has 7 nitrogen and oxygen atoms in total. The summed E-state index contributed by atoms with van der Waals surface area (Å²) < 4.78 is 32.3. The molecule has 1 aliphatic carbocycles. The first-order valence-corrected chi connectivity index (χ1v) is 10.7. The van der Waals surface area contributed by atoms with Crippen LogP contribution in [0.25, 0.3) is 0 Å². The Morgan fingerprint density at radius 1 is 1.07 bits per heavy atom. The summed E-state index contributed by atoms with van der Waals surface area (Å²) >= 11 is 0. The highest BCUT2D eigenvalue weighted by Gasteiger charge is 2.27. The van der Waals surface area contributed by atoms with Crippen molar-refractivity contribution in [3.8, 4) is 5.75 Å².